The number of urea groups is 1. The normalized spacial score (nSPS) is 11.4. The summed E-state index contributed by atoms with van der Waals surface area (Å²) in [6.07, 6.45) is 3.41. The Balaban J connectivity index is 1.23. The first kappa shape index (κ1) is 27.7. The van der Waals surface area contributed by atoms with Crippen LogP contribution in [0.1, 0.15) is 5.56 Å². The molecule has 0 fully saturated rings. The summed E-state index contributed by atoms with van der Waals surface area (Å²) in [6, 6.07) is 11.6. The second-order valence-corrected chi connectivity index (χ2v) is 9.73. The van der Waals surface area contributed by atoms with Crippen LogP contribution in [0.5, 0.6) is 11.8 Å². The highest BCUT2D eigenvalue weighted by Crippen LogP contribution is 2.35. The molecule has 10 nitrogen and oxygen atoms in total. The zero-order valence-corrected chi connectivity index (χ0v) is 22.8. The smallest absolute Gasteiger partial charge is 0.416 e. The summed E-state index contributed by atoms with van der Waals surface area (Å²) in [5.41, 5.74) is 1.87. The molecule has 0 radical (unpaired) electrons. The van der Waals surface area contributed by atoms with Crippen molar-refractivity contribution in [2.45, 2.75) is 11.1 Å². The van der Waals surface area contributed by atoms with Gasteiger partial charge < -0.3 is 20.3 Å². The number of thioether (sulfide) groups is 1. The lowest BCUT2D eigenvalue weighted by Gasteiger charge is -2.14. The van der Waals surface area contributed by atoms with Gasteiger partial charge >= 0.3 is 18.2 Å². The number of anilines is 3. The summed E-state index contributed by atoms with van der Waals surface area (Å²) in [7, 11) is 3.84. The average Bonchev–Trinajstić information content (AvgIpc) is 3.37. The van der Waals surface area contributed by atoms with Gasteiger partial charge in [0.05, 0.1) is 35.5 Å². The average molecular weight is 581 g/mol. The number of aromatic nitrogens is 5. The first-order chi connectivity index (χ1) is 19.6. The highest BCUT2D eigenvalue weighted by atomic mass is 32.2. The Morgan fingerprint density at radius 2 is 1.73 bits per heavy atom. The minimum absolute atomic E-state index is 0.0344. The van der Waals surface area contributed by atoms with Crippen molar-refractivity contribution in [1.29, 1.82) is 0 Å². The molecule has 0 saturated heterocycles. The number of nitrogens with zero attached hydrogens (tertiary/aromatic N) is 6. The number of fused-ring (bicyclic) bond motifs is 1. The third-order valence-corrected chi connectivity index (χ3v) is 6.64. The van der Waals surface area contributed by atoms with Crippen LogP contribution in [0.25, 0.3) is 16.8 Å². The van der Waals surface area contributed by atoms with Gasteiger partial charge in [-0.05, 0) is 48.2 Å². The molecule has 0 bridgehead atoms. The number of rotatable bonds is 7. The molecule has 210 valence electrons. The van der Waals surface area contributed by atoms with Crippen LogP contribution >= 0.6 is 11.8 Å². The van der Waals surface area contributed by atoms with Crippen molar-refractivity contribution in [1.82, 2.24) is 24.6 Å². The first-order valence-corrected chi connectivity index (χ1v) is 13.3. The van der Waals surface area contributed by atoms with E-state index in [2.05, 4.69) is 30.7 Å². The third kappa shape index (κ3) is 6.32. The van der Waals surface area contributed by atoms with E-state index in [1.807, 2.05) is 43.4 Å². The maximum Gasteiger partial charge on any atom is 0.416 e. The largest absolute Gasteiger partial charge is 0.424 e. The molecule has 0 atom stereocenters. The predicted octanol–water partition coefficient (Wildman–Crippen LogP) is 6.43. The summed E-state index contributed by atoms with van der Waals surface area (Å²) in [6.45, 7) is 0. The molecule has 0 saturated carbocycles. The van der Waals surface area contributed by atoms with Gasteiger partial charge in [-0.1, -0.05) is 12.1 Å². The molecule has 0 unspecified atom stereocenters. The lowest BCUT2D eigenvalue weighted by Crippen LogP contribution is -2.20. The van der Waals surface area contributed by atoms with E-state index < -0.39 is 17.8 Å². The highest BCUT2D eigenvalue weighted by Gasteiger charge is 2.31. The van der Waals surface area contributed by atoms with Crippen LogP contribution in [0.3, 0.4) is 0 Å². The molecule has 3 aromatic heterocycles. The molecule has 41 heavy (non-hydrogen) atoms. The number of halogens is 3. The van der Waals surface area contributed by atoms with Gasteiger partial charge in [-0.15, -0.1) is 11.8 Å². The summed E-state index contributed by atoms with van der Waals surface area (Å²) < 4.78 is 46.7. The van der Waals surface area contributed by atoms with E-state index in [9.17, 15) is 18.0 Å². The van der Waals surface area contributed by atoms with Gasteiger partial charge in [-0.25, -0.2) is 24.3 Å². The van der Waals surface area contributed by atoms with E-state index in [0.29, 0.717) is 10.6 Å². The topological polar surface area (TPSA) is 110 Å². The number of hydrogen-bond acceptors (Lipinski definition) is 8. The molecule has 0 aliphatic rings. The molecule has 0 spiro atoms. The van der Waals surface area contributed by atoms with Crippen molar-refractivity contribution < 1.29 is 22.7 Å². The third-order valence-electron chi connectivity index (χ3n) is 5.85. The lowest BCUT2D eigenvalue weighted by atomic mass is 10.1. The molecular formula is C27H23F3N8O2S. The zero-order valence-electron chi connectivity index (χ0n) is 22.0. The Labute approximate surface area is 236 Å². The number of amides is 2. The highest BCUT2D eigenvalue weighted by molar-refractivity contribution is 7.98. The summed E-state index contributed by atoms with van der Waals surface area (Å²) in [5.74, 6) is 1.30. The molecule has 5 rings (SSSR count). The van der Waals surface area contributed by atoms with E-state index in [1.165, 1.54) is 30.2 Å². The number of benzene rings is 2. The van der Waals surface area contributed by atoms with Gasteiger partial charge in [0, 0.05) is 30.8 Å². The van der Waals surface area contributed by atoms with Crippen LogP contribution in [-0.2, 0) is 6.18 Å². The Hall–Kier alpha value is -4.85. The van der Waals surface area contributed by atoms with Crippen molar-refractivity contribution in [3.05, 3.63) is 78.9 Å². The molecule has 0 aliphatic carbocycles. The monoisotopic (exact) mass is 580 g/mol. The molecule has 0 aliphatic heterocycles. The van der Waals surface area contributed by atoms with Gasteiger partial charge in [0.25, 0.3) is 0 Å². The maximum absolute atomic E-state index is 13.1. The molecular weight excluding hydrogens is 557 g/mol. The number of carbonyl (C=O) groups is 1. The van der Waals surface area contributed by atoms with E-state index in [-0.39, 0.29) is 17.4 Å². The quantitative estimate of drug-likeness (QED) is 0.212. The van der Waals surface area contributed by atoms with Crippen LogP contribution in [-0.4, -0.2) is 50.9 Å². The molecule has 3 heterocycles. The van der Waals surface area contributed by atoms with Crippen molar-refractivity contribution in [3.8, 4) is 22.9 Å². The Morgan fingerprint density at radius 1 is 1.00 bits per heavy atom. The zero-order chi connectivity index (χ0) is 29.1. The van der Waals surface area contributed by atoms with Crippen molar-refractivity contribution >= 4 is 40.6 Å². The van der Waals surface area contributed by atoms with Gasteiger partial charge in [0.15, 0.2) is 5.65 Å². The van der Waals surface area contributed by atoms with Crippen LogP contribution in [0.15, 0.2) is 78.2 Å². The predicted molar refractivity (Wildman–Crippen MR) is 151 cm³/mol. The molecule has 5 aromatic rings. The van der Waals surface area contributed by atoms with E-state index in [1.54, 1.807) is 29.1 Å². The van der Waals surface area contributed by atoms with Gasteiger partial charge in [0.1, 0.15) is 11.6 Å². The number of ether oxygens (including phenoxy) is 1. The minimum Gasteiger partial charge on any atom is -0.424 e. The van der Waals surface area contributed by atoms with Crippen LogP contribution in [0.2, 0.25) is 0 Å². The molecule has 2 aromatic carbocycles. The van der Waals surface area contributed by atoms with Gasteiger partial charge in [0.2, 0.25) is 0 Å². The maximum atomic E-state index is 13.1. The lowest BCUT2D eigenvalue weighted by molar-refractivity contribution is -0.137. The van der Waals surface area contributed by atoms with Crippen LogP contribution in [0.4, 0.5) is 35.2 Å². The second-order valence-electron chi connectivity index (χ2n) is 8.88. The molecule has 14 heteroatoms. The standard InChI is InChI=1S/C27H23F3N8O2S/c1-37(2)23-10-11-38-24(36-23)20(15-33-38)16-4-7-19(8-5-16)40-26-31-13-18(14-32-26)34-25(39)35-21-12-17(27(28,29)30)6-9-22(21)41-3/h4-15H,1-3H3,(H2,34,35,39). The Morgan fingerprint density at radius 3 is 2.39 bits per heavy atom. The van der Waals surface area contributed by atoms with Gasteiger partial charge in [-0.2, -0.15) is 18.3 Å². The number of carbonyl (C=O) groups excluding carboxylic acids is 1. The van der Waals surface area contributed by atoms with Gasteiger partial charge in [-0.3, -0.25) is 0 Å². The summed E-state index contributed by atoms with van der Waals surface area (Å²) in [4.78, 5) is 27.7. The molecule has 2 N–H and O–H groups in total. The number of hydrogen-bond donors (Lipinski definition) is 2. The minimum atomic E-state index is -4.53. The first-order valence-electron chi connectivity index (χ1n) is 12.1. The van der Waals surface area contributed by atoms with E-state index in [4.69, 9.17) is 4.74 Å². The fourth-order valence-corrected chi connectivity index (χ4v) is 4.35. The molecule has 2 amide bonds. The van der Waals surface area contributed by atoms with Crippen molar-refractivity contribution in [2.24, 2.45) is 0 Å². The Kier molecular flexibility index (Phi) is 7.66. The Bertz CT molecular complexity index is 1690. The van der Waals surface area contributed by atoms with E-state index in [0.717, 1.165) is 34.7 Å². The SMILES string of the molecule is CSc1ccc(C(F)(F)F)cc1NC(=O)Nc1cnc(Oc2ccc(-c3cnn4ccc(N(C)C)nc34)cc2)nc1. The fraction of sp³-hybridized carbons (Fsp3) is 0.148. The summed E-state index contributed by atoms with van der Waals surface area (Å²) >= 11 is 1.21. The van der Waals surface area contributed by atoms with Crippen LogP contribution < -0.4 is 20.3 Å². The van der Waals surface area contributed by atoms with E-state index >= 15 is 0 Å². The van der Waals surface area contributed by atoms with Crippen molar-refractivity contribution in [3.63, 3.8) is 0 Å². The summed E-state index contributed by atoms with van der Waals surface area (Å²) in [5, 5.41) is 9.31. The number of alkyl halides is 3. The second kappa shape index (κ2) is 11.3. The fourth-order valence-electron chi connectivity index (χ4n) is 3.82. The van der Waals surface area contributed by atoms with Crippen LogP contribution in [0, 0.1) is 0 Å². The van der Waals surface area contributed by atoms with Crippen molar-refractivity contribution in [2.75, 3.05) is 35.9 Å². The number of nitrogens with one attached hydrogen (secondary N) is 2.